The fourth-order valence-electron chi connectivity index (χ4n) is 3.16. The first-order valence-corrected chi connectivity index (χ1v) is 13.3. The van der Waals surface area contributed by atoms with Crippen molar-refractivity contribution in [3.05, 3.63) is 54.4 Å². The lowest BCUT2D eigenvalue weighted by Crippen LogP contribution is -2.29. The number of hydrogen-bond acceptors (Lipinski definition) is 6. The summed E-state index contributed by atoms with van der Waals surface area (Å²) in [7, 11) is -3.45. The number of halogens is 2. The maximum Gasteiger partial charge on any atom is 0.340 e. The fourth-order valence-corrected chi connectivity index (χ4v) is 5.12. The highest BCUT2D eigenvalue weighted by atomic mass is 35.5. The third-order valence-electron chi connectivity index (χ3n) is 4.81. The van der Waals surface area contributed by atoms with Gasteiger partial charge >= 0.3 is 7.67 Å². The van der Waals surface area contributed by atoms with Crippen LogP contribution >= 0.6 is 30.9 Å². The Kier molecular flexibility index (Phi) is 9.97. The summed E-state index contributed by atoms with van der Waals surface area (Å²) in [6, 6.07) is 13.1. The summed E-state index contributed by atoms with van der Waals surface area (Å²) in [4.78, 5) is 8.68. The molecule has 0 fully saturated rings. The predicted octanol–water partition coefficient (Wildman–Crippen LogP) is 4.99. The molecule has 3 rings (SSSR count). The third kappa shape index (κ3) is 7.31. The minimum atomic E-state index is -3.45. The molecule has 0 aliphatic heterocycles. The summed E-state index contributed by atoms with van der Waals surface area (Å²) in [5, 5.41) is 4.08. The first-order chi connectivity index (χ1) is 16.5. The standard InChI is InChI=1S/C23H26Cl2N5O3P/c1-2-18-5-3-6-19(15-18)29-23-21-16-20(7-8-22(21)27-17-28-23)32-13-4-14-33-34(26,31)30(11-9-24)12-10-25/h1,3,5-8,15-17H,4,9-14H2,(H2,26,31)(H,27,28,29). The molecular weight excluding hydrogens is 496 g/mol. The predicted molar refractivity (Wildman–Crippen MR) is 138 cm³/mol. The molecule has 11 heteroatoms. The maximum absolute atomic E-state index is 12.6. The van der Waals surface area contributed by atoms with Gasteiger partial charge in [-0.15, -0.1) is 29.6 Å². The Bertz CT molecular complexity index is 1180. The van der Waals surface area contributed by atoms with Crippen LogP contribution in [0.3, 0.4) is 0 Å². The monoisotopic (exact) mass is 521 g/mol. The third-order valence-corrected chi connectivity index (χ3v) is 6.89. The number of aromatic nitrogens is 2. The van der Waals surface area contributed by atoms with Crippen LogP contribution in [0.2, 0.25) is 0 Å². The summed E-state index contributed by atoms with van der Waals surface area (Å²) in [5.74, 6) is 4.46. The number of anilines is 2. The number of nitrogens with one attached hydrogen (secondary N) is 1. The van der Waals surface area contributed by atoms with Gasteiger partial charge in [-0.25, -0.2) is 20.1 Å². The maximum atomic E-state index is 12.6. The van der Waals surface area contributed by atoms with Crippen LogP contribution < -0.4 is 15.6 Å². The van der Waals surface area contributed by atoms with Crippen molar-refractivity contribution in [1.82, 2.24) is 14.6 Å². The molecule has 0 bridgehead atoms. The van der Waals surface area contributed by atoms with E-state index in [0.717, 1.165) is 22.2 Å². The normalized spacial score (nSPS) is 12.9. The summed E-state index contributed by atoms with van der Waals surface area (Å²) in [6.07, 6.45) is 7.48. The lowest BCUT2D eigenvalue weighted by molar-refractivity contribution is 0.228. The van der Waals surface area contributed by atoms with Gasteiger partial charge in [0.2, 0.25) is 0 Å². The Hall–Kier alpha value is -2.37. The highest BCUT2D eigenvalue weighted by molar-refractivity contribution is 7.53. The topological polar surface area (TPSA) is 103 Å². The fraction of sp³-hybridized carbons (Fsp3) is 0.304. The van der Waals surface area contributed by atoms with Gasteiger partial charge in [0, 0.05) is 47.9 Å². The van der Waals surface area contributed by atoms with Crippen LogP contribution in [0, 0.1) is 12.3 Å². The highest BCUT2D eigenvalue weighted by Crippen LogP contribution is 2.42. The van der Waals surface area contributed by atoms with E-state index in [4.69, 9.17) is 44.4 Å². The number of fused-ring (bicyclic) bond motifs is 1. The lowest BCUT2D eigenvalue weighted by atomic mass is 10.2. The van der Waals surface area contributed by atoms with Crippen LogP contribution in [0.15, 0.2) is 48.8 Å². The molecule has 0 radical (unpaired) electrons. The average Bonchev–Trinajstić information content (AvgIpc) is 2.84. The van der Waals surface area contributed by atoms with E-state index in [1.165, 1.54) is 11.0 Å². The van der Waals surface area contributed by atoms with E-state index < -0.39 is 7.67 Å². The van der Waals surface area contributed by atoms with Crippen molar-refractivity contribution in [3.8, 4) is 18.1 Å². The van der Waals surface area contributed by atoms with Gasteiger partial charge in [0.25, 0.3) is 0 Å². The first kappa shape index (κ1) is 26.2. The molecule has 3 N–H and O–H groups in total. The summed E-state index contributed by atoms with van der Waals surface area (Å²) in [6.45, 7) is 1.18. The molecule has 0 aliphatic rings. The van der Waals surface area contributed by atoms with E-state index >= 15 is 0 Å². The second kappa shape index (κ2) is 12.9. The van der Waals surface area contributed by atoms with Gasteiger partial charge in [0.05, 0.1) is 18.7 Å². The molecule has 1 unspecified atom stereocenters. The number of terminal acetylenes is 1. The van der Waals surface area contributed by atoms with Gasteiger partial charge in [-0.2, -0.15) is 0 Å². The van der Waals surface area contributed by atoms with Gasteiger partial charge in [0.1, 0.15) is 17.9 Å². The quantitative estimate of drug-likeness (QED) is 0.140. The van der Waals surface area contributed by atoms with Crippen molar-refractivity contribution in [1.29, 1.82) is 0 Å². The van der Waals surface area contributed by atoms with Crippen molar-refractivity contribution in [3.63, 3.8) is 0 Å². The number of benzene rings is 2. The lowest BCUT2D eigenvalue weighted by Gasteiger charge is -2.26. The Labute approximate surface area is 209 Å². The Morgan fingerprint density at radius 2 is 1.91 bits per heavy atom. The van der Waals surface area contributed by atoms with Gasteiger partial charge in [-0.3, -0.25) is 4.57 Å². The zero-order valence-electron chi connectivity index (χ0n) is 18.5. The van der Waals surface area contributed by atoms with Crippen LogP contribution in [-0.4, -0.2) is 52.7 Å². The Balaban J connectivity index is 1.60. The van der Waals surface area contributed by atoms with Crippen LogP contribution in [0.1, 0.15) is 12.0 Å². The van der Waals surface area contributed by atoms with Crippen LogP contribution in [0.5, 0.6) is 5.75 Å². The summed E-state index contributed by atoms with van der Waals surface area (Å²) >= 11 is 11.5. The Morgan fingerprint density at radius 1 is 1.12 bits per heavy atom. The van der Waals surface area contributed by atoms with E-state index in [0.29, 0.717) is 37.7 Å². The van der Waals surface area contributed by atoms with Gasteiger partial charge in [0.15, 0.2) is 0 Å². The van der Waals surface area contributed by atoms with E-state index in [9.17, 15) is 4.57 Å². The molecule has 1 atom stereocenters. The zero-order valence-corrected chi connectivity index (χ0v) is 20.9. The van der Waals surface area contributed by atoms with Crippen LogP contribution in [-0.2, 0) is 9.09 Å². The van der Waals surface area contributed by atoms with E-state index in [1.54, 1.807) is 0 Å². The average molecular weight is 522 g/mol. The second-order valence-corrected chi connectivity index (χ2v) is 9.89. The molecule has 180 valence electrons. The smallest absolute Gasteiger partial charge is 0.340 e. The molecule has 34 heavy (non-hydrogen) atoms. The molecule has 2 aromatic carbocycles. The molecule has 1 heterocycles. The van der Waals surface area contributed by atoms with Crippen molar-refractivity contribution in [2.45, 2.75) is 6.42 Å². The molecule has 0 amide bonds. The summed E-state index contributed by atoms with van der Waals surface area (Å²) in [5.41, 5.74) is 8.21. The SMILES string of the molecule is C#Cc1cccc(Nc2ncnc3ccc(OCCCOP(N)(=O)N(CCCl)CCCl)cc23)c1. The number of alkyl halides is 2. The molecule has 1 aromatic heterocycles. The van der Waals surface area contributed by atoms with Crippen molar-refractivity contribution >= 4 is 53.3 Å². The molecule has 3 aromatic rings. The molecule has 0 aliphatic carbocycles. The molecule has 0 saturated heterocycles. The van der Waals surface area contributed by atoms with Crippen molar-refractivity contribution in [2.24, 2.45) is 5.50 Å². The first-order valence-electron chi connectivity index (χ1n) is 10.6. The van der Waals surface area contributed by atoms with Crippen LogP contribution in [0.4, 0.5) is 11.5 Å². The van der Waals surface area contributed by atoms with Crippen molar-refractivity contribution in [2.75, 3.05) is 43.4 Å². The molecule has 0 saturated carbocycles. The van der Waals surface area contributed by atoms with E-state index in [1.807, 2.05) is 42.5 Å². The van der Waals surface area contributed by atoms with Gasteiger partial charge in [-0.05, 0) is 36.4 Å². The Morgan fingerprint density at radius 3 is 2.65 bits per heavy atom. The summed E-state index contributed by atoms with van der Waals surface area (Å²) < 4.78 is 25.3. The highest BCUT2D eigenvalue weighted by Gasteiger charge is 2.26. The van der Waals surface area contributed by atoms with E-state index in [-0.39, 0.29) is 18.4 Å². The van der Waals surface area contributed by atoms with Gasteiger partial charge < -0.3 is 14.6 Å². The number of nitrogens with two attached hydrogens (primary N) is 1. The van der Waals surface area contributed by atoms with Crippen LogP contribution in [0.25, 0.3) is 10.9 Å². The largest absolute Gasteiger partial charge is 0.493 e. The second-order valence-electron chi connectivity index (χ2n) is 7.18. The van der Waals surface area contributed by atoms with Gasteiger partial charge in [-0.1, -0.05) is 12.0 Å². The molecule has 8 nitrogen and oxygen atoms in total. The number of hydrogen-bond donors (Lipinski definition) is 2. The molecule has 0 spiro atoms. The number of ether oxygens (including phenoxy) is 1. The van der Waals surface area contributed by atoms with Crippen molar-refractivity contribution < 1.29 is 13.8 Å². The minimum Gasteiger partial charge on any atom is -0.493 e. The number of nitrogens with zero attached hydrogens (tertiary/aromatic N) is 3. The minimum absolute atomic E-state index is 0.171. The molecular formula is C23H26Cl2N5O3P. The zero-order chi connectivity index (χ0) is 24.4. The van der Waals surface area contributed by atoms with E-state index in [2.05, 4.69) is 21.2 Å². The number of rotatable bonds is 13.